The van der Waals surface area contributed by atoms with Gasteiger partial charge in [0.2, 0.25) is 10.0 Å². The number of aliphatic hydroxyl groups is 1. The first-order valence-electron chi connectivity index (χ1n) is 4.92. The molecule has 6 heteroatoms. The van der Waals surface area contributed by atoms with E-state index in [2.05, 4.69) is 5.32 Å². The van der Waals surface area contributed by atoms with Crippen LogP contribution in [0.5, 0.6) is 0 Å². The van der Waals surface area contributed by atoms with Crippen LogP contribution in [0.1, 0.15) is 0 Å². The van der Waals surface area contributed by atoms with Gasteiger partial charge in [-0.25, -0.2) is 8.42 Å². The molecule has 1 aromatic rings. The summed E-state index contributed by atoms with van der Waals surface area (Å²) in [5, 5.41) is 11.4. The molecule has 0 atom stereocenters. The third kappa shape index (κ3) is 3.28. The van der Waals surface area contributed by atoms with Gasteiger partial charge in [0.15, 0.2) is 0 Å². The van der Waals surface area contributed by atoms with Crippen LogP contribution in [0, 0.1) is 0 Å². The Morgan fingerprint density at radius 2 is 1.94 bits per heavy atom. The van der Waals surface area contributed by atoms with E-state index in [1.165, 1.54) is 11.4 Å². The molecule has 16 heavy (non-hydrogen) atoms. The van der Waals surface area contributed by atoms with Crippen LogP contribution in [0.25, 0.3) is 0 Å². The number of nitrogens with one attached hydrogen (secondary N) is 1. The predicted octanol–water partition coefficient (Wildman–Crippen LogP) is -0.154. The Balaban J connectivity index is 2.71. The molecule has 0 spiro atoms. The van der Waals surface area contributed by atoms with Crippen LogP contribution in [0.15, 0.2) is 35.2 Å². The number of benzene rings is 1. The average Bonchev–Trinajstić information content (AvgIpc) is 2.30. The van der Waals surface area contributed by atoms with E-state index < -0.39 is 10.0 Å². The van der Waals surface area contributed by atoms with Crippen molar-refractivity contribution in [2.75, 3.05) is 26.9 Å². The molecule has 0 saturated carbocycles. The first kappa shape index (κ1) is 13.1. The molecular formula is C10H16N2O3S. The Hall–Kier alpha value is -0.950. The first-order valence-corrected chi connectivity index (χ1v) is 6.36. The number of nitrogens with zero attached hydrogens (tertiary/aromatic N) is 1. The molecule has 2 N–H and O–H groups in total. The average molecular weight is 244 g/mol. The Bertz CT molecular complexity index is 405. The maximum Gasteiger partial charge on any atom is 0.243 e. The third-order valence-electron chi connectivity index (χ3n) is 2.07. The van der Waals surface area contributed by atoms with Gasteiger partial charge in [-0.2, -0.15) is 4.31 Å². The van der Waals surface area contributed by atoms with Gasteiger partial charge in [-0.1, -0.05) is 18.2 Å². The van der Waals surface area contributed by atoms with Crippen LogP contribution in [-0.4, -0.2) is 44.7 Å². The second-order valence-corrected chi connectivity index (χ2v) is 5.34. The first-order chi connectivity index (χ1) is 7.59. The monoisotopic (exact) mass is 244 g/mol. The van der Waals surface area contributed by atoms with E-state index >= 15 is 0 Å². The summed E-state index contributed by atoms with van der Waals surface area (Å²) < 4.78 is 25.1. The summed E-state index contributed by atoms with van der Waals surface area (Å²) in [5.74, 6) is 0. The van der Waals surface area contributed by atoms with Gasteiger partial charge in [0.1, 0.15) is 0 Å². The SMILES string of the molecule is CN(CNCCO)S(=O)(=O)c1ccccc1. The van der Waals surface area contributed by atoms with Gasteiger partial charge in [0.05, 0.1) is 18.2 Å². The van der Waals surface area contributed by atoms with E-state index in [-0.39, 0.29) is 18.2 Å². The fraction of sp³-hybridized carbons (Fsp3) is 0.400. The van der Waals surface area contributed by atoms with Crippen molar-refractivity contribution in [3.8, 4) is 0 Å². The van der Waals surface area contributed by atoms with Gasteiger partial charge < -0.3 is 10.4 Å². The van der Waals surface area contributed by atoms with Gasteiger partial charge in [-0.05, 0) is 12.1 Å². The summed E-state index contributed by atoms with van der Waals surface area (Å²) >= 11 is 0. The molecule has 1 rings (SSSR count). The highest BCUT2D eigenvalue weighted by atomic mass is 32.2. The standard InChI is InChI=1S/C10H16N2O3S/c1-12(9-11-7-8-13)16(14,15)10-5-3-2-4-6-10/h2-6,11,13H,7-9H2,1H3. The van der Waals surface area contributed by atoms with Crippen LogP contribution in [-0.2, 0) is 10.0 Å². The molecule has 1 aromatic carbocycles. The van der Waals surface area contributed by atoms with Gasteiger partial charge in [-0.15, -0.1) is 0 Å². The van der Waals surface area contributed by atoms with Crippen molar-refractivity contribution < 1.29 is 13.5 Å². The van der Waals surface area contributed by atoms with Crippen molar-refractivity contribution in [3.63, 3.8) is 0 Å². The molecule has 0 aromatic heterocycles. The highest BCUT2D eigenvalue weighted by Crippen LogP contribution is 2.12. The molecule has 0 aliphatic heterocycles. The van der Waals surface area contributed by atoms with Crippen LogP contribution in [0.3, 0.4) is 0 Å². The summed E-state index contributed by atoms with van der Waals surface area (Å²) in [5.41, 5.74) is 0. The molecule has 0 aliphatic rings. The molecule has 0 saturated heterocycles. The lowest BCUT2D eigenvalue weighted by molar-refractivity contribution is 0.284. The largest absolute Gasteiger partial charge is 0.395 e. The van der Waals surface area contributed by atoms with Crippen molar-refractivity contribution in [2.24, 2.45) is 0 Å². The smallest absolute Gasteiger partial charge is 0.243 e. The summed E-state index contributed by atoms with van der Waals surface area (Å²) in [6.45, 7) is 0.533. The topological polar surface area (TPSA) is 69.6 Å². The van der Waals surface area contributed by atoms with Gasteiger partial charge in [0, 0.05) is 13.6 Å². The lowest BCUT2D eigenvalue weighted by Crippen LogP contribution is -2.36. The van der Waals surface area contributed by atoms with Crippen LogP contribution in [0.4, 0.5) is 0 Å². The molecule has 0 fully saturated rings. The summed E-state index contributed by atoms with van der Waals surface area (Å²) in [6, 6.07) is 8.24. The summed E-state index contributed by atoms with van der Waals surface area (Å²) in [7, 11) is -1.94. The Morgan fingerprint density at radius 3 is 2.50 bits per heavy atom. The lowest BCUT2D eigenvalue weighted by Gasteiger charge is -2.17. The minimum atomic E-state index is -3.43. The number of aliphatic hydroxyl groups excluding tert-OH is 1. The maximum atomic E-state index is 11.9. The van der Waals surface area contributed by atoms with Crippen molar-refractivity contribution >= 4 is 10.0 Å². The van der Waals surface area contributed by atoms with Gasteiger partial charge >= 0.3 is 0 Å². The van der Waals surface area contributed by atoms with Crippen LogP contribution < -0.4 is 5.32 Å². The van der Waals surface area contributed by atoms with Crippen molar-refractivity contribution in [2.45, 2.75) is 4.90 Å². The predicted molar refractivity (Wildman–Crippen MR) is 61.3 cm³/mol. The van der Waals surface area contributed by atoms with Crippen LogP contribution in [0.2, 0.25) is 0 Å². The molecule has 0 bridgehead atoms. The Labute approximate surface area is 95.8 Å². The maximum absolute atomic E-state index is 11.9. The lowest BCUT2D eigenvalue weighted by atomic mass is 10.4. The normalized spacial score (nSPS) is 11.9. The summed E-state index contributed by atoms with van der Waals surface area (Å²) in [4.78, 5) is 0.267. The minimum absolute atomic E-state index is 0.0147. The molecule has 5 nitrogen and oxygen atoms in total. The highest BCUT2D eigenvalue weighted by molar-refractivity contribution is 7.89. The van der Waals surface area contributed by atoms with E-state index in [1.807, 2.05) is 0 Å². The number of hydrogen-bond acceptors (Lipinski definition) is 4. The molecular weight excluding hydrogens is 228 g/mol. The molecule has 0 aliphatic carbocycles. The number of hydrogen-bond donors (Lipinski definition) is 2. The molecule has 0 unspecified atom stereocenters. The van der Waals surface area contributed by atoms with Crippen molar-refractivity contribution in [1.82, 2.24) is 9.62 Å². The van der Waals surface area contributed by atoms with E-state index in [4.69, 9.17) is 5.11 Å². The summed E-state index contributed by atoms with van der Waals surface area (Å²) in [6.07, 6.45) is 0. The molecule has 0 heterocycles. The molecule has 90 valence electrons. The van der Waals surface area contributed by atoms with E-state index in [1.54, 1.807) is 30.3 Å². The second kappa shape index (κ2) is 5.95. The van der Waals surface area contributed by atoms with Crippen molar-refractivity contribution in [1.29, 1.82) is 0 Å². The van der Waals surface area contributed by atoms with Gasteiger partial charge in [0.25, 0.3) is 0 Å². The zero-order valence-corrected chi connectivity index (χ0v) is 9.94. The van der Waals surface area contributed by atoms with Crippen molar-refractivity contribution in [3.05, 3.63) is 30.3 Å². The second-order valence-electron chi connectivity index (χ2n) is 3.30. The zero-order valence-electron chi connectivity index (χ0n) is 9.13. The Morgan fingerprint density at radius 1 is 1.31 bits per heavy atom. The highest BCUT2D eigenvalue weighted by Gasteiger charge is 2.19. The fourth-order valence-electron chi connectivity index (χ4n) is 1.17. The molecule has 0 radical (unpaired) electrons. The number of rotatable bonds is 6. The number of sulfonamides is 1. The third-order valence-corrected chi connectivity index (χ3v) is 3.89. The zero-order chi connectivity index (χ0) is 12.0. The van der Waals surface area contributed by atoms with E-state index in [0.29, 0.717) is 6.54 Å². The minimum Gasteiger partial charge on any atom is -0.395 e. The van der Waals surface area contributed by atoms with E-state index in [9.17, 15) is 8.42 Å². The quantitative estimate of drug-likeness (QED) is 0.539. The molecule has 0 amide bonds. The van der Waals surface area contributed by atoms with E-state index in [0.717, 1.165) is 0 Å². The Kier molecular flexibility index (Phi) is 4.88. The fourth-order valence-corrected chi connectivity index (χ4v) is 2.30. The van der Waals surface area contributed by atoms with Crippen LogP contribution >= 0.6 is 0 Å². The van der Waals surface area contributed by atoms with Gasteiger partial charge in [-0.3, -0.25) is 0 Å².